The fraction of sp³-hybridized carbons (Fsp3) is 0.267. The van der Waals surface area contributed by atoms with Crippen molar-refractivity contribution in [2.75, 3.05) is 5.32 Å². The molecular weight excluding hydrogens is 254 g/mol. The van der Waals surface area contributed by atoms with E-state index in [2.05, 4.69) is 10.3 Å². The number of pyridine rings is 1. The third kappa shape index (κ3) is 2.61. The number of hydrogen-bond donors (Lipinski definition) is 1. The second-order valence-corrected chi connectivity index (χ2v) is 5.02. The number of aromatic nitrogens is 1. The average Bonchev–Trinajstić information content (AvgIpc) is 3.30. The van der Waals surface area contributed by atoms with E-state index in [1.807, 2.05) is 24.4 Å². The van der Waals surface area contributed by atoms with Gasteiger partial charge < -0.3 is 5.32 Å². The van der Waals surface area contributed by atoms with Crippen LogP contribution in [0.3, 0.4) is 0 Å². The van der Waals surface area contributed by atoms with Crippen molar-refractivity contribution < 1.29 is 4.92 Å². The van der Waals surface area contributed by atoms with Crippen molar-refractivity contribution in [1.29, 1.82) is 0 Å². The average molecular weight is 269 g/mol. The Hall–Kier alpha value is -2.43. The summed E-state index contributed by atoms with van der Waals surface area (Å²) >= 11 is 0. The van der Waals surface area contributed by atoms with E-state index in [4.69, 9.17) is 0 Å². The quantitative estimate of drug-likeness (QED) is 0.665. The predicted octanol–water partition coefficient (Wildman–Crippen LogP) is 3.55. The number of hydrogen-bond acceptors (Lipinski definition) is 4. The van der Waals surface area contributed by atoms with E-state index in [0.717, 1.165) is 18.4 Å². The van der Waals surface area contributed by atoms with E-state index in [1.165, 1.54) is 6.07 Å². The fourth-order valence-corrected chi connectivity index (χ4v) is 2.39. The van der Waals surface area contributed by atoms with Crippen LogP contribution in [0, 0.1) is 16.0 Å². The van der Waals surface area contributed by atoms with E-state index < -0.39 is 0 Å². The molecule has 1 aliphatic carbocycles. The molecule has 20 heavy (non-hydrogen) atoms. The number of rotatable bonds is 5. The smallest absolute Gasteiger partial charge is 0.292 e. The second-order valence-electron chi connectivity index (χ2n) is 5.02. The Labute approximate surface area is 116 Å². The van der Waals surface area contributed by atoms with E-state index in [9.17, 15) is 10.1 Å². The molecule has 1 atom stereocenters. The zero-order valence-electron chi connectivity index (χ0n) is 10.9. The SMILES string of the molecule is O=[N+]([O-])c1ccccc1N[C@H](c1cccnc1)C1CC1. The fourth-order valence-electron chi connectivity index (χ4n) is 2.39. The van der Waals surface area contributed by atoms with Crippen LogP contribution in [-0.4, -0.2) is 9.91 Å². The monoisotopic (exact) mass is 269 g/mol. The lowest BCUT2D eigenvalue weighted by Crippen LogP contribution is -2.14. The summed E-state index contributed by atoms with van der Waals surface area (Å²) < 4.78 is 0. The molecule has 1 N–H and O–H groups in total. The molecule has 1 fully saturated rings. The summed E-state index contributed by atoms with van der Waals surface area (Å²) in [4.78, 5) is 14.9. The van der Waals surface area contributed by atoms with Crippen LogP contribution in [0.15, 0.2) is 48.8 Å². The highest BCUT2D eigenvalue weighted by Crippen LogP contribution is 2.43. The van der Waals surface area contributed by atoms with Crippen molar-refractivity contribution in [3.63, 3.8) is 0 Å². The molecule has 2 aromatic rings. The molecule has 1 saturated carbocycles. The van der Waals surface area contributed by atoms with Crippen molar-refractivity contribution in [1.82, 2.24) is 4.98 Å². The molecule has 1 aromatic heterocycles. The van der Waals surface area contributed by atoms with Crippen LogP contribution in [-0.2, 0) is 0 Å². The molecule has 5 nitrogen and oxygen atoms in total. The predicted molar refractivity (Wildman–Crippen MR) is 76.4 cm³/mol. The number of benzene rings is 1. The van der Waals surface area contributed by atoms with Crippen LogP contribution >= 0.6 is 0 Å². The van der Waals surface area contributed by atoms with Gasteiger partial charge in [-0.15, -0.1) is 0 Å². The Balaban J connectivity index is 1.90. The number of nitro groups is 1. The van der Waals surface area contributed by atoms with Gasteiger partial charge in [0, 0.05) is 18.5 Å². The second kappa shape index (κ2) is 5.28. The molecule has 0 saturated heterocycles. The van der Waals surface area contributed by atoms with Gasteiger partial charge in [0.15, 0.2) is 0 Å². The first-order chi connectivity index (χ1) is 9.75. The van der Waals surface area contributed by atoms with Crippen molar-refractivity contribution in [2.24, 2.45) is 5.92 Å². The van der Waals surface area contributed by atoms with Gasteiger partial charge in [0.2, 0.25) is 0 Å². The van der Waals surface area contributed by atoms with Gasteiger partial charge in [-0.3, -0.25) is 15.1 Å². The Kier molecular flexibility index (Phi) is 3.33. The lowest BCUT2D eigenvalue weighted by molar-refractivity contribution is -0.384. The number of nitro benzene ring substituents is 1. The molecule has 1 heterocycles. The molecule has 0 unspecified atom stereocenters. The lowest BCUT2D eigenvalue weighted by atomic mass is 10.0. The number of nitrogens with one attached hydrogen (secondary N) is 1. The van der Waals surface area contributed by atoms with Crippen molar-refractivity contribution in [3.05, 3.63) is 64.5 Å². The van der Waals surface area contributed by atoms with Crippen LogP contribution in [0.1, 0.15) is 24.4 Å². The first kappa shape index (κ1) is 12.6. The molecule has 1 aliphatic rings. The summed E-state index contributed by atoms with van der Waals surface area (Å²) in [6.45, 7) is 0. The first-order valence-electron chi connectivity index (χ1n) is 6.65. The minimum absolute atomic E-state index is 0.0878. The molecule has 102 valence electrons. The Morgan fingerprint density at radius 2 is 2.05 bits per heavy atom. The minimum Gasteiger partial charge on any atom is -0.372 e. The summed E-state index contributed by atoms with van der Waals surface area (Å²) in [5.41, 5.74) is 1.76. The van der Waals surface area contributed by atoms with Crippen molar-refractivity contribution in [2.45, 2.75) is 18.9 Å². The molecule has 5 heteroatoms. The highest BCUT2D eigenvalue weighted by Gasteiger charge is 2.33. The third-order valence-corrected chi connectivity index (χ3v) is 3.55. The van der Waals surface area contributed by atoms with Gasteiger partial charge in [0.1, 0.15) is 5.69 Å². The van der Waals surface area contributed by atoms with Crippen LogP contribution < -0.4 is 5.32 Å². The number of nitrogens with zero attached hydrogens (tertiary/aromatic N) is 2. The first-order valence-corrected chi connectivity index (χ1v) is 6.65. The standard InChI is InChI=1S/C15H15N3O2/c19-18(20)14-6-2-1-5-13(14)17-15(11-7-8-11)12-4-3-9-16-10-12/h1-6,9-11,15,17H,7-8H2/t15-/m0/s1. The summed E-state index contributed by atoms with van der Waals surface area (Å²) in [5, 5.41) is 14.4. The normalized spacial score (nSPS) is 15.6. The maximum absolute atomic E-state index is 11.1. The topological polar surface area (TPSA) is 68.1 Å². The zero-order valence-corrected chi connectivity index (χ0v) is 10.9. The maximum atomic E-state index is 11.1. The molecule has 0 bridgehead atoms. The van der Waals surface area contributed by atoms with Gasteiger partial charge in [-0.05, 0) is 36.5 Å². The van der Waals surface area contributed by atoms with Crippen molar-refractivity contribution >= 4 is 11.4 Å². The van der Waals surface area contributed by atoms with Gasteiger partial charge in [-0.1, -0.05) is 18.2 Å². The molecule has 0 spiro atoms. The molecule has 1 aromatic carbocycles. The highest BCUT2D eigenvalue weighted by atomic mass is 16.6. The largest absolute Gasteiger partial charge is 0.372 e. The van der Waals surface area contributed by atoms with Crippen LogP contribution in [0.25, 0.3) is 0 Å². The maximum Gasteiger partial charge on any atom is 0.292 e. The van der Waals surface area contributed by atoms with E-state index in [-0.39, 0.29) is 16.7 Å². The van der Waals surface area contributed by atoms with Gasteiger partial charge >= 0.3 is 0 Å². The number of para-hydroxylation sites is 2. The number of anilines is 1. The van der Waals surface area contributed by atoms with E-state index in [1.54, 1.807) is 18.3 Å². The summed E-state index contributed by atoms with van der Waals surface area (Å²) in [7, 11) is 0. The van der Waals surface area contributed by atoms with E-state index >= 15 is 0 Å². The molecule has 3 rings (SSSR count). The van der Waals surface area contributed by atoms with Gasteiger partial charge in [0.25, 0.3) is 5.69 Å². The molecule has 0 amide bonds. The Bertz CT molecular complexity index is 612. The van der Waals surface area contributed by atoms with Crippen LogP contribution in [0.4, 0.5) is 11.4 Å². The zero-order chi connectivity index (χ0) is 13.9. The van der Waals surface area contributed by atoms with Crippen molar-refractivity contribution in [3.8, 4) is 0 Å². The van der Waals surface area contributed by atoms with Gasteiger partial charge in [-0.25, -0.2) is 0 Å². The van der Waals surface area contributed by atoms with Gasteiger partial charge in [0.05, 0.1) is 11.0 Å². The highest BCUT2D eigenvalue weighted by molar-refractivity contribution is 5.62. The molecular formula is C15H15N3O2. The molecule has 0 aliphatic heterocycles. The van der Waals surface area contributed by atoms with Crippen LogP contribution in [0.5, 0.6) is 0 Å². The summed E-state index contributed by atoms with van der Waals surface area (Å²) in [6.07, 6.45) is 5.85. The summed E-state index contributed by atoms with van der Waals surface area (Å²) in [6, 6.07) is 10.8. The van der Waals surface area contributed by atoms with Crippen LogP contribution in [0.2, 0.25) is 0 Å². The lowest BCUT2D eigenvalue weighted by Gasteiger charge is -2.19. The van der Waals surface area contributed by atoms with Gasteiger partial charge in [-0.2, -0.15) is 0 Å². The Morgan fingerprint density at radius 1 is 1.25 bits per heavy atom. The third-order valence-electron chi connectivity index (χ3n) is 3.55. The summed E-state index contributed by atoms with van der Waals surface area (Å²) in [5.74, 6) is 0.527. The minimum atomic E-state index is -0.352. The van der Waals surface area contributed by atoms with E-state index in [0.29, 0.717) is 11.6 Å². The molecule has 0 radical (unpaired) electrons. The Morgan fingerprint density at radius 3 is 2.70 bits per heavy atom.